The van der Waals surface area contributed by atoms with Crippen LogP contribution in [0, 0.1) is 6.92 Å². The zero-order valence-electron chi connectivity index (χ0n) is 12.6. The summed E-state index contributed by atoms with van der Waals surface area (Å²) < 4.78 is 3.04. The van der Waals surface area contributed by atoms with E-state index in [2.05, 4.69) is 39.3 Å². The van der Waals surface area contributed by atoms with Crippen molar-refractivity contribution >= 4 is 26.8 Å². The lowest BCUT2D eigenvalue weighted by Gasteiger charge is -2.37. The van der Waals surface area contributed by atoms with Gasteiger partial charge in [-0.2, -0.15) is 5.10 Å². The highest BCUT2D eigenvalue weighted by Crippen LogP contribution is 2.28. The van der Waals surface area contributed by atoms with Gasteiger partial charge in [0.1, 0.15) is 0 Å². The first-order chi connectivity index (χ1) is 9.54. The summed E-state index contributed by atoms with van der Waals surface area (Å²) >= 11 is 1.70. The van der Waals surface area contributed by atoms with Gasteiger partial charge in [0.25, 0.3) is 0 Å². The molecule has 1 aliphatic heterocycles. The first kappa shape index (κ1) is 13.8. The van der Waals surface area contributed by atoms with Crippen LogP contribution in [0.5, 0.6) is 0 Å². The average molecular weight is 294 g/mol. The maximum Gasteiger partial charge on any atom is 0.185 e. The number of nitrogens with one attached hydrogen (secondary N) is 1. The summed E-state index contributed by atoms with van der Waals surface area (Å²) in [6.45, 7) is 6.36. The molecule has 2 aromatic heterocycles. The van der Waals surface area contributed by atoms with Crippen molar-refractivity contribution in [2.24, 2.45) is 7.05 Å². The van der Waals surface area contributed by atoms with Gasteiger partial charge in [-0.25, -0.2) is 9.67 Å². The molecule has 0 radical (unpaired) electrons. The zero-order chi connectivity index (χ0) is 14.3. The number of hydrogen-bond donors (Lipinski definition) is 1. The minimum atomic E-state index is 0.542. The third-order valence-corrected chi connectivity index (χ3v) is 5.12. The number of aryl methyl sites for hydroxylation is 2. The predicted molar refractivity (Wildman–Crippen MR) is 83.5 cm³/mol. The SMILES string of the molecule is Cc1nn(C)c2nc(NC[C@H]3CN(C)CCN3C)sc12. The van der Waals surface area contributed by atoms with E-state index >= 15 is 0 Å². The van der Waals surface area contributed by atoms with Crippen LogP contribution in [0.4, 0.5) is 5.13 Å². The van der Waals surface area contributed by atoms with Gasteiger partial charge in [0, 0.05) is 39.3 Å². The third-order valence-electron chi connectivity index (χ3n) is 4.01. The number of rotatable bonds is 3. The van der Waals surface area contributed by atoms with Crippen LogP contribution in [0.25, 0.3) is 10.3 Å². The highest BCUT2D eigenvalue weighted by molar-refractivity contribution is 7.22. The number of likely N-dealkylation sites (N-methyl/N-ethyl adjacent to an activating group) is 2. The van der Waals surface area contributed by atoms with Crippen LogP contribution in [0.15, 0.2) is 0 Å². The summed E-state index contributed by atoms with van der Waals surface area (Å²) in [5.41, 5.74) is 2.03. The molecular weight excluding hydrogens is 272 g/mol. The normalized spacial score (nSPS) is 21.7. The Hall–Kier alpha value is -1.18. The van der Waals surface area contributed by atoms with Gasteiger partial charge in [-0.15, -0.1) is 0 Å². The Bertz CT molecular complexity index is 569. The Balaban J connectivity index is 1.69. The smallest absolute Gasteiger partial charge is 0.185 e. The Morgan fingerprint density at radius 2 is 2.10 bits per heavy atom. The highest BCUT2D eigenvalue weighted by atomic mass is 32.1. The molecule has 1 saturated heterocycles. The van der Waals surface area contributed by atoms with Gasteiger partial charge >= 0.3 is 0 Å². The van der Waals surface area contributed by atoms with E-state index in [4.69, 9.17) is 0 Å². The molecule has 0 aliphatic carbocycles. The van der Waals surface area contributed by atoms with Crippen LogP contribution in [0.3, 0.4) is 0 Å². The van der Waals surface area contributed by atoms with E-state index in [9.17, 15) is 0 Å². The lowest BCUT2D eigenvalue weighted by Crippen LogP contribution is -2.52. The maximum absolute atomic E-state index is 4.64. The van der Waals surface area contributed by atoms with Crippen molar-refractivity contribution in [1.29, 1.82) is 0 Å². The van der Waals surface area contributed by atoms with Gasteiger partial charge in [-0.05, 0) is 21.0 Å². The molecule has 2 aromatic rings. The van der Waals surface area contributed by atoms with Crippen LogP contribution < -0.4 is 5.32 Å². The number of fused-ring (bicyclic) bond motifs is 1. The van der Waals surface area contributed by atoms with Crippen LogP contribution in [-0.2, 0) is 7.05 Å². The second-order valence-corrected chi connectivity index (χ2v) is 6.66. The Morgan fingerprint density at radius 3 is 2.85 bits per heavy atom. The molecule has 1 N–H and O–H groups in total. The van der Waals surface area contributed by atoms with Crippen LogP contribution in [-0.4, -0.2) is 70.9 Å². The van der Waals surface area contributed by atoms with Crippen molar-refractivity contribution in [1.82, 2.24) is 24.6 Å². The van der Waals surface area contributed by atoms with Crippen molar-refractivity contribution in [3.05, 3.63) is 5.69 Å². The van der Waals surface area contributed by atoms with Crippen LogP contribution in [0.1, 0.15) is 5.69 Å². The van der Waals surface area contributed by atoms with Gasteiger partial charge in [-0.1, -0.05) is 11.3 Å². The summed E-state index contributed by atoms with van der Waals surface area (Å²) in [7, 11) is 6.33. The number of thiazole rings is 1. The molecule has 3 heterocycles. The zero-order valence-corrected chi connectivity index (χ0v) is 13.4. The topological polar surface area (TPSA) is 49.2 Å². The summed E-state index contributed by atoms with van der Waals surface area (Å²) in [4.78, 5) is 9.45. The predicted octanol–water partition coefficient (Wildman–Crippen LogP) is 0.996. The number of hydrogen-bond acceptors (Lipinski definition) is 6. The fourth-order valence-corrected chi connectivity index (χ4v) is 3.63. The van der Waals surface area contributed by atoms with E-state index in [-0.39, 0.29) is 0 Å². The number of anilines is 1. The first-order valence-electron chi connectivity index (χ1n) is 6.97. The van der Waals surface area contributed by atoms with E-state index < -0.39 is 0 Å². The summed E-state index contributed by atoms with van der Waals surface area (Å²) in [6, 6.07) is 0.542. The van der Waals surface area contributed by atoms with Crippen molar-refractivity contribution in [3.63, 3.8) is 0 Å². The van der Waals surface area contributed by atoms with Gasteiger partial charge in [0.15, 0.2) is 10.8 Å². The monoisotopic (exact) mass is 294 g/mol. The lowest BCUT2D eigenvalue weighted by atomic mass is 10.2. The average Bonchev–Trinajstić information content (AvgIpc) is 2.93. The molecule has 0 bridgehead atoms. The lowest BCUT2D eigenvalue weighted by molar-refractivity contribution is 0.122. The quantitative estimate of drug-likeness (QED) is 0.915. The largest absolute Gasteiger partial charge is 0.360 e. The molecule has 7 heteroatoms. The van der Waals surface area contributed by atoms with Crippen molar-refractivity contribution in [2.75, 3.05) is 45.6 Å². The van der Waals surface area contributed by atoms with E-state index in [0.29, 0.717) is 6.04 Å². The maximum atomic E-state index is 4.64. The van der Waals surface area contributed by atoms with Gasteiger partial charge in [-0.3, -0.25) is 4.90 Å². The fraction of sp³-hybridized carbons (Fsp3) is 0.692. The molecule has 0 aromatic carbocycles. The molecule has 3 rings (SSSR count). The number of aromatic nitrogens is 3. The molecule has 1 atom stereocenters. The standard InChI is InChI=1S/C13H22N6S/c1-9-11-12(19(4)16-9)15-13(20-11)14-7-10-8-17(2)5-6-18(10)3/h10H,5-8H2,1-4H3,(H,14,15)/t10-/m0/s1. The van der Waals surface area contributed by atoms with E-state index in [0.717, 1.165) is 42.7 Å². The van der Waals surface area contributed by atoms with E-state index in [1.54, 1.807) is 11.3 Å². The Labute approximate surface area is 123 Å². The van der Waals surface area contributed by atoms with Crippen LogP contribution >= 0.6 is 11.3 Å². The van der Waals surface area contributed by atoms with Crippen LogP contribution in [0.2, 0.25) is 0 Å². The molecule has 0 spiro atoms. The second kappa shape index (κ2) is 5.31. The molecule has 6 nitrogen and oxygen atoms in total. The third kappa shape index (κ3) is 2.53. The summed E-state index contributed by atoms with van der Waals surface area (Å²) in [6.07, 6.45) is 0. The molecule has 0 amide bonds. The van der Waals surface area contributed by atoms with Gasteiger partial charge in [0.05, 0.1) is 10.4 Å². The number of piperazine rings is 1. The van der Waals surface area contributed by atoms with Crippen molar-refractivity contribution in [3.8, 4) is 0 Å². The molecule has 20 heavy (non-hydrogen) atoms. The first-order valence-corrected chi connectivity index (χ1v) is 7.79. The second-order valence-electron chi connectivity index (χ2n) is 5.66. The molecule has 0 unspecified atom stereocenters. The minimum Gasteiger partial charge on any atom is -0.360 e. The number of nitrogens with zero attached hydrogens (tertiary/aromatic N) is 5. The molecule has 1 fully saturated rings. The summed E-state index contributed by atoms with van der Waals surface area (Å²) in [5.74, 6) is 0. The Morgan fingerprint density at radius 1 is 1.30 bits per heavy atom. The van der Waals surface area contributed by atoms with Gasteiger partial charge < -0.3 is 10.2 Å². The van der Waals surface area contributed by atoms with Crippen molar-refractivity contribution in [2.45, 2.75) is 13.0 Å². The highest BCUT2D eigenvalue weighted by Gasteiger charge is 2.22. The fourth-order valence-electron chi connectivity index (χ4n) is 2.69. The molecule has 110 valence electrons. The van der Waals surface area contributed by atoms with Crippen molar-refractivity contribution < 1.29 is 0 Å². The molecular formula is C13H22N6S. The molecule has 0 saturated carbocycles. The minimum absolute atomic E-state index is 0.542. The van der Waals surface area contributed by atoms with E-state index in [1.807, 2.05) is 18.7 Å². The Kier molecular flexibility index (Phi) is 3.66. The summed E-state index contributed by atoms with van der Waals surface area (Å²) in [5, 5.41) is 8.88. The van der Waals surface area contributed by atoms with Gasteiger partial charge in [0.2, 0.25) is 0 Å². The molecule has 1 aliphatic rings. The van der Waals surface area contributed by atoms with E-state index in [1.165, 1.54) is 4.70 Å².